The lowest BCUT2D eigenvalue weighted by Crippen LogP contribution is -2.43. The van der Waals surface area contributed by atoms with Crippen LogP contribution in [0, 0.1) is 11.8 Å². The van der Waals surface area contributed by atoms with Crippen molar-refractivity contribution in [3.63, 3.8) is 0 Å². The van der Waals surface area contributed by atoms with Gasteiger partial charge < -0.3 is 19.5 Å². The molecule has 0 radical (unpaired) electrons. The molecule has 164 valence electrons. The second-order valence-corrected chi connectivity index (χ2v) is 9.51. The van der Waals surface area contributed by atoms with E-state index in [1.165, 1.54) is 0 Å². The van der Waals surface area contributed by atoms with Crippen LogP contribution < -0.4 is 10.2 Å². The van der Waals surface area contributed by atoms with E-state index in [-0.39, 0.29) is 17.9 Å². The number of nitrogens with zero attached hydrogens (tertiary/aromatic N) is 3. The first kappa shape index (κ1) is 21.7. The van der Waals surface area contributed by atoms with Crippen molar-refractivity contribution in [2.24, 2.45) is 11.8 Å². The molecule has 0 atom stereocenters. The molecule has 0 aliphatic carbocycles. The Balaban J connectivity index is 1.41. The van der Waals surface area contributed by atoms with Crippen LogP contribution in [0.1, 0.15) is 45.6 Å². The minimum Gasteiger partial charge on any atom is -0.381 e. The zero-order valence-electron chi connectivity index (χ0n) is 17.7. The third kappa shape index (κ3) is 4.56. The molecule has 0 spiro atoms. The lowest BCUT2D eigenvalue weighted by atomic mass is 9.95. The number of hydrogen-bond donors (Lipinski definition) is 1. The second kappa shape index (κ2) is 9.33. The minimum atomic E-state index is 0.0712. The Kier molecular flexibility index (Phi) is 6.75. The lowest BCUT2D eigenvalue weighted by Gasteiger charge is -2.33. The van der Waals surface area contributed by atoms with Gasteiger partial charge in [-0.1, -0.05) is 23.2 Å². The number of aromatic nitrogens is 2. The van der Waals surface area contributed by atoms with Crippen LogP contribution in [0.5, 0.6) is 0 Å². The Labute approximate surface area is 187 Å². The molecule has 0 unspecified atom stereocenters. The molecule has 2 aliphatic rings. The van der Waals surface area contributed by atoms with Gasteiger partial charge in [0.15, 0.2) is 0 Å². The highest BCUT2D eigenvalue weighted by Crippen LogP contribution is 2.34. The van der Waals surface area contributed by atoms with Gasteiger partial charge in [0.25, 0.3) is 0 Å². The van der Waals surface area contributed by atoms with Crippen LogP contribution in [0.2, 0.25) is 10.0 Å². The van der Waals surface area contributed by atoms with Crippen molar-refractivity contribution in [3.05, 3.63) is 22.2 Å². The van der Waals surface area contributed by atoms with Gasteiger partial charge in [-0.05, 0) is 57.6 Å². The predicted octanol–water partition coefficient (Wildman–Crippen LogP) is 4.68. The Morgan fingerprint density at radius 3 is 2.50 bits per heavy atom. The molecule has 2 fully saturated rings. The van der Waals surface area contributed by atoms with Crippen LogP contribution in [0.4, 0.5) is 5.95 Å². The number of anilines is 1. The smallest absolute Gasteiger partial charge is 0.223 e. The number of imidazole rings is 1. The molecule has 2 saturated heterocycles. The third-order valence-corrected chi connectivity index (χ3v) is 7.01. The number of carbonyl (C=O) groups is 1. The van der Waals surface area contributed by atoms with E-state index in [4.69, 9.17) is 32.9 Å². The molecule has 1 aromatic heterocycles. The fraction of sp³-hybridized carbons (Fsp3) is 0.636. The third-order valence-electron chi connectivity index (χ3n) is 6.28. The van der Waals surface area contributed by atoms with E-state index >= 15 is 0 Å². The molecular formula is C22H30Cl2N4O2. The highest BCUT2D eigenvalue weighted by Gasteiger charge is 2.29. The summed E-state index contributed by atoms with van der Waals surface area (Å²) in [7, 11) is 0. The lowest BCUT2D eigenvalue weighted by molar-refractivity contribution is -0.125. The van der Waals surface area contributed by atoms with Gasteiger partial charge in [-0.3, -0.25) is 4.79 Å². The summed E-state index contributed by atoms with van der Waals surface area (Å²) in [5, 5.41) is 4.23. The molecule has 3 heterocycles. The number of carbonyl (C=O) groups excluding carboxylic acids is 1. The first-order valence-corrected chi connectivity index (χ1v) is 11.7. The van der Waals surface area contributed by atoms with Gasteiger partial charge in [0, 0.05) is 44.8 Å². The Bertz CT molecular complexity index is 900. The molecule has 1 aromatic carbocycles. The van der Waals surface area contributed by atoms with Gasteiger partial charge in [0.05, 0.1) is 21.1 Å². The maximum Gasteiger partial charge on any atom is 0.223 e. The summed E-state index contributed by atoms with van der Waals surface area (Å²) in [5.74, 6) is 1.74. The van der Waals surface area contributed by atoms with Gasteiger partial charge in [-0.15, -0.1) is 0 Å². The van der Waals surface area contributed by atoms with Crippen LogP contribution >= 0.6 is 23.2 Å². The van der Waals surface area contributed by atoms with Crippen LogP contribution in [-0.4, -0.2) is 48.3 Å². The maximum absolute atomic E-state index is 12.7. The first-order chi connectivity index (χ1) is 14.4. The van der Waals surface area contributed by atoms with Crippen molar-refractivity contribution in [1.82, 2.24) is 14.9 Å². The average Bonchev–Trinajstić information content (AvgIpc) is 3.11. The molecule has 2 aliphatic heterocycles. The fourth-order valence-corrected chi connectivity index (χ4v) is 4.81. The number of piperidine rings is 1. The molecule has 30 heavy (non-hydrogen) atoms. The molecule has 2 aromatic rings. The molecule has 8 heteroatoms. The van der Waals surface area contributed by atoms with Crippen LogP contribution in [0.25, 0.3) is 11.0 Å². The quantitative estimate of drug-likeness (QED) is 0.714. The van der Waals surface area contributed by atoms with Crippen molar-refractivity contribution in [2.75, 3.05) is 37.7 Å². The van der Waals surface area contributed by atoms with E-state index < -0.39 is 0 Å². The number of halogens is 2. The number of rotatable bonds is 5. The Morgan fingerprint density at radius 2 is 1.83 bits per heavy atom. The highest BCUT2D eigenvalue weighted by molar-refractivity contribution is 6.42. The summed E-state index contributed by atoms with van der Waals surface area (Å²) < 4.78 is 7.61. The van der Waals surface area contributed by atoms with E-state index in [0.717, 1.165) is 75.5 Å². The number of ether oxygens (including phenoxy) is 1. The molecular weight excluding hydrogens is 423 g/mol. The number of nitrogens with one attached hydrogen (secondary N) is 1. The number of hydrogen-bond acceptors (Lipinski definition) is 4. The predicted molar refractivity (Wildman–Crippen MR) is 122 cm³/mol. The van der Waals surface area contributed by atoms with E-state index in [1.807, 2.05) is 12.1 Å². The number of fused-ring (bicyclic) bond motifs is 1. The van der Waals surface area contributed by atoms with Gasteiger partial charge >= 0.3 is 0 Å². The topological polar surface area (TPSA) is 59.4 Å². The average molecular weight is 453 g/mol. The summed E-state index contributed by atoms with van der Waals surface area (Å²) >= 11 is 12.5. The number of amides is 1. The zero-order chi connectivity index (χ0) is 21.3. The van der Waals surface area contributed by atoms with E-state index in [9.17, 15) is 4.79 Å². The molecule has 4 rings (SSSR count). The van der Waals surface area contributed by atoms with Crippen LogP contribution in [0.3, 0.4) is 0 Å². The van der Waals surface area contributed by atoms with Crippen molar-refractivity contribution in [2.45, 2.75) is 45.6 Å². The van der Waals surface area contributed by atoms with Crippen LogP contribution in [-0.2, 0) is 9.53 Å². The molecule has 6 nitrogen and oxygen atoms in total. The monoisotopic (exact) mass is 452 g/mol. The molecule has 0 bridgehead atoms. The molecule has 1 N–H and O–H groups in total. The summed E-state index contributed by atoms with van der Waals surface area (Å²) in [4.78, 5) is 19.8. The largest absolute Gasteiger partial charge is 0.381 e. The van der Waals surface area contributed by atoms with Crippen molar-refractivity contribution < 1.29 is 9.53 Å². The zero-order valence-corrected chi connectivity index (χ0v) is 19.2. The fourth-order valence-electron chi connectivity index (χ4n) is 4.49. The van der Waals surface area contributed by atoms with Crippen molar-refractivity contribution >= 4 is 46.1 Å². The van der Waals surface area contributed by atoms with Gasteiger partial charge in [0.2, 0.25) is 11.9 Å². The molecule has 0 saturated carbocycles. The summed E-state index contributed by atoms with van der Waals surface area (Å²) in [5.41, 5.74) is 1.84. The van der Waals surface area contributed by atoms with Crippen molar-refractivity contribution in [3.8, 4) is 0 Å². The summed E-state index contributed by atoms with van der Waals surface area (Å²) in [6.45, 7) is 8.30. The van der Waals surface area contributed by atoms with E-state index in [2.05, 4.69) is 28.6 Å². The maximum atomic E-state index is 12.7. The number of benzene rings is 1. The normalized spacial score (nSPS) is 19.0. The standard InChI is InChI=1S/C22H30Cl2N4O2/c1-14(2)28-20-12-18(24)17(23)11-19(20)26-22(28)27-7-3-16(4-8-27)21(29)25-13-15-5-9-30-10-6-15/h11-12,14-16H,3-10,13H2,1-2H3,(H,25,29). The second-order valence-electron chi connectivity index (χ2n) is 8.69. The van der Waals surface area contributed by atoms with Gasteiger partial charge in [0.1, 0.15) is 0 Å². The minimum absolute atomic E-state index is 0.0712. The van der Waals surface area contributed by atoms with Crippen molar-refractivity contribution in [1.29, 1.82) is 0 Å². The van der Waals surface area contributed by atoms with E-state index in [0.29, 0.717) is 16.0 Å². The highest BCUT2D eigenvalue weighted by atomic mass is 35.5. The first-order valence-electron chi connectivity index (χ1n) is 10.9. The van der Waals surface area contributed by atoms with Gasteiger partial charge in [-0.25, -0.2) is 4.98 Å². The Hall–Kier alpha value is -1.50. The Morgan fingerprint density at radius 1 is 1.17 bits per heavy atom. The molecule has 1 amide bonds. The summed E-state index contributed by atoms with van der Waals surface area (Å²) in [6.07, 6.45) is 3.75. The SMILES string of the molecule is CC(C)n1c(N2CCC(C(=O)NCC3CCOCC3)CC2)nc2cc(Cl)c(Cl)cc21. The summed E-state index contributed by atoms with van der Waals surface area (Å²) in [6, 6.07) is 3.97. The van der Waals surface area contributed by atoms with Crippen LogP contribution in [0.15, 0.2) is 12.1 Å². The van der Waals surface area contributed by atoms with E-state index in [1.54, 1.807) is 0 Å². The van der Waals surface area contributed by atoms with Gasteiger partial charge in [-0.2, -0.15) is 0 Å².